The lowest BCUT2D eigenvalue weighted by molar-refractivity contribution is -0.463. The molecule has 0 atom stereocenters. The molecular weight excluding hydrogens is 795 g/mol. The number of hydrogen-bond acceptors (Lipinski definition) is 0. The van der Waals surface area contributed by atoms with Gasteiger partial charge in [-0.2, -0.15) is 74.6 Å². The van der Waals surface area contributed by atoms with E-state index >= 15 is 8.78 Å². The van der Waals surface area contributed by atoms with Gasteiger partial charge in [-0.25, -0.2) is 17.6 Å². The average Bonchev–Trinajstić information content (AvgIpc) is 3.07. The molecule has 0 spiro atoms. The van der Waals surface area contributed by atoms with Crippen molar-refractivity contribution >= 4 is 0 Å². The van der Waals surface area contributed by atoms with Crippen LogP contribution in [0.15, 0.2) is 0 Å². The highest BCUT2D eigenvalue weighted by molar-refractivity contribution is 5.37. The Bertz CT molecular complexity index is 1400. The topological polar surface area (TPSA) is 0 Å². The van der Waals surface area contributed by atoms with E-state index in [0.29, 0.717) is 5.92 Å². The fraction of sp³-hybridized carbons (Fsp3) is 0.818. The zero-order chi connectivity index (χ0) is 41.7. The Labute approximate surface area is 295 Å². The van der Waals surface area contributed by atoms with E-state index in [9.17, 15) is 83.4 Å². The smallest absolute Gasteiger partial charge is 0.203 e. The maximum Gasteiger partial charge on any atom is 0.460 e. The molecule has 0 N–H and O–H groups in total. The molecular formula is C33H35F21. The summed E-state index contributed by atoms with van der Waals surface area (Å²) in [5.74, 6) is -74.5. The van der Waals surface area contributed by atoms with Gasteiger partial charge in [-0.15, -0.1) is 0 Å². The first-order chi connectivity index (χ1) is 24.4. The van der Waals surface area contributed by atoms with Crippen LogP contribution in [0.1, 0.15) is 114 Å². The average molecular weight is 831 g/mol. The van der Waals surface area contributed by atoms with Crippen molar-refractivity contribution in [3.8, 4) is 0 Å². The van der Waals surface area contributed by atoms with Gasteiger partial charge in [0, 0.05) is 5.56 Å². The molecule has 0 nitrogen and oxygen atoms in total. The van der Waals surface area contributed by atoms with Crippen molar-refractivity contribution in [1.82, 2.24) is 0 Å². The molecule has 3 rings (SSSR count). The molecule has 0 radical (unpaired) electrons. The molecule has 0 amide bonds. The zero-order valence-electron chi connectivity index (χ0n) is 28.1. The quantitative estimate of drug-likeness (QED) is 0.0938. The first kappa shape index (κ1) is 46.1. The Morgan fingerprint density at radius 3 is 1.20 bits per heavy atom. The van der Waals surface area contributed by atoms with E-state index in [-0.39, 0.29) is 37.5 Å². The summed E-state index contributed by atoms with van der Waals surface area (Å²) in [4.78, 5) is 0. The van der Waals surface area contributed by atoms with Crippen molar-refractivity contribution in [3.05, 3.63) is 34.4 Å². The van der Waals surface area contributed by atoms with Gasteiger partial charge in [-0.3, -0.25) is 0 Å². The Kier molecular flexibility index (Phi) is 13.3. The third kappa shape index (κ3) is 7.48. The predicted molar refractivity (Wildman–Crippen MR) is 149 cm³/mol. The number of alkyl halides is 17. The number of benzene rings is 1. The fourth-order valence-corrected chi connectivity index (χ4v) is 7.47. The van der Waals surface area contributed by atoms with E-state index in [1.54, 1.807) is 0 Å². The molecule has 2 aliphatic rings. The van der Waals surface area contributed by atoms with Gasteiger partial charge in [0.25, 0.3) is 0 Å². The van der Waals surface area contributed by atoms with Gasteiger partial charge in [0.15, 0.2) is 23.3 Å². The molecule has 314 valence electrons. The monoisotopic (exact) mass is 830 g/mol. The molecule has 21 heteroatoms. The molecule has 54 heavy (non-hydrogen) atoms. The van der Waals surface area contributed by atoms with Crippen LogP contribution in [0.25, 0.3) is 0 Å². The SMILES string of the molecule is CCCCCCC[C@H]1CC[C@H]([C@H]2CC[C@H](c3c(F)c(F)c(C(F)(F)C(F)(F)C(F)(F)C(F)(F)C(F)(F)C(F)(F)C(F)(F)C(F)(F)F)c(F)c3F)CC2)CC1. The summed E-state index contributed by atoms with van der Waals surface area (Å²) in [6.07, 6.45) is 1.84. The highest BCUT2D eigenvalue weighted by atomic mass is 19.4. The van der Waals surface area contributed by atoms with E-state index in [0.717, 1.165) is 64.2 Å². The molecule has 0 unspecified atom stereocenters. The van der Waals surface area contributed by atoms with E-state index < -0.39 is 87.9 Å². The Balaban J connectivity index is 1.87. The van der Waals surface area contributed by atoms with Crippen LogP contribution in [0.4, 0.5) is 92.2 Å². The van der Waals surface area contributed by atoms with Crippen molar-refractivity contribution in [2.75, 3.05) is 0 Å². The highest BCUT2D eigenvalue weighted by Crippen LogP contribution is 2.65. The molecule has 0 saturated heterocycles. The highest BCUT2D eigenvalue weighted by Gasteiger charge is 2.95. The summed E-state index contributed by atoms with van der Waals surface area (Å²) in [6.45, 7) is 2.09. The predicted octanol–water partition coefficient (Wildman–Crippen LogP) is 14.1. The van der Waals surface area contributed by atoms with Crippen molar-refractivity contribution in [1.29, 1.82) is 0 Å². The lowest BCUT2D eigenvalue weighted by Gasteiger charge is -2.43. The van der Waals surface area contributed by atoms with Gasteiger partial charge in [-0.05, 0) is 62.2 Å². The number of hydrogen-bond donors (Lipinski definition) is 0. The van der Waals surface area contributed by atoms with Gasteiger partial charge >= 0.3 is 47.6 Å². The minimum atomic E-state index is -9.03. The van der Waals surface area contributed by atoms with Crippen LogP contribution in [-0.2, 0) is 5.92 Å². The van der Waals surface area contributed by atoms with Gasteiger partial charge < -0.3 is 0 Å². The summed E-state index contributed by atoms with van der Waals surface area (Å²) >= 11 is 0. The Morgan fingerprint density at radius 2 is 0.796 bits per heavy atom. The van der Waals surface area contributed by atoms with Crippen LogP contribution >= 0.6 is 0 Å². The van der Waals surface area contributed by atoms with Crippen molar-refractivity contribution in [2.45, 2.75) is 150 Å². The van der Waals surface area contributed by atoms with Crippen LogP contribution < -0.4 is 0 Å². The second-order valence-corrected chi connectivity index (χ2v) is 14.2. The lowest BCUT2D eigenvalue weighted by atomic mass is 9.67. The molecule has 2 fully saturated rings. The van der Waals surface area contributed by atoms with E-state index in [2.05, 4.69) is 6.92 Å². The first-order valence-electron chi connectivity index (χ1n) is 17.0. The van der Waals surface area contributed by atoms with Crippen molar-refractivity contribution in [3.63, 3.8) is 0 Å². The number of halogens is 21. The molecule has 0 aliphatic heterocycles. The lowest BCUT2D eigenvalue weighted by Crippen LogP contribution is -2.74. The second kappa shape index (κ2) is 15.6. The zero-order valence-corrected chi connectivity index (χ0v) is 28.1. The molecule has 2 aliphatic carbocycles. The normalized spacial score (nSPS) is 23.2. The van der Waals surface area contributed by atoms with Crippen molar-refractivity contribution in [2.24, 2.45) is 17.8 Å². The second-order valence-electron chi connectivity index (χ2n) is 14.2. The van der Waals surface area contributed by atoms with Crippen LogP contribution in [0.3, 0.4) is 0 Å². The van der Waals surface area contributed by atoms with Gasteiger partial charge in [0.05, 0.1) is 0 Å². The van der Waals surface area contributed by atoms with Crippen molar-refractivity contribution < 1.29 is 92.2 Å². The summed E-state index contributed by atoms with van der Waals surface area (Å²) in [7, 11) is 0. The molecule has 0 aromatic heterocycles. The maximum absolute atomic E-state index is 15.1. The number of rotatable bonds is 15. The maximum atomic E-state index is 15.1. The van der Waals surface area contributed by atoms with E-state index in [4.69, 9.17) is 0 Å². The Morgan fingerprint density at radius 1 is 0.426 bits per heavy atom. The minimum absolute atomic E-state index is 0.0552. The van der Waals surface area contributed by atoms with E-state index in [1.165, 1.54) is 0 Å². The molecule has 0 bridgehead atoms. The molecule has 1 aromatic rings. The standard InChI is InChI=1S/C33H35F21/c1-2-3-4-5-6-7-16-8-10-17(11-9-16)18-12-14-19(15-13-18)20-22(34)24(36)21(25(37)23(20)35)26(38,39)27(40,41)28(42,43)29(44,45)30(46,47)31(48,49)32(50,51)33(52,53)54/h16-19H,2-15H2,1H3/t16-,17-,18-,19-. The van der Waals surface area contributed by atoms with E-state index in [1.807, 2.05) is 0 Å². The molecule has 0 heterocycles. The Hall–Kier alpha value is -2.25. The van der Waals surface area contributed by atoms with Gasteiger partial charge in [0.2, 0.25) is 0 Å². The van der Waals surface area contributed by atoms with Gasteiger partial charge in [-0.1, -0.05) is 58.3 Å². The molecule has 1 aromatic carbocycles. The van der Waals surface area contributed by atoms with Crippen LogP contribution in [0.2, 0.25) is 0 Å². The third-order valence-corrected chi connectivity index (χ3v) is 10.8. The summed E-state index contributed by atoms with van der Waals surface area (Å²) < 4.78 is 293. The minimum Gasteiger partial charge on any atom is -0.203 e. The first-order valence-corrected chi connectivity index (χ1v) is 17.0. The van der Waals surface area contributed by atoms with Crippen LogP contribution in [-0.4, -0.2) is 41.7 Å². The summed E-state index contributed by atoms with van der Waals surface area (Å²) in [6, 6.07) is 0. The summed E-state index contributed by atoms with van der Waals surface area (Å²) in [5, 5.41) is 0. The van der Waals surface area contributed by atoms with Crippen LogP contribution in [0.5, 0.6) is 0 Å². The van der Waals surface area contributed by atoms with Crippen LogP contribution in [0, 0.1) is 41.0 Å². The number of unbranched alkanes of at least 4 members (excludes halogenated alkanes) is 4. The summed E-state index contributed by atoms with van der Waals surface area (Å²) in [5.41, 5.74) is -5.80. The third-order valence-electron chi connectivity index (χ3n) is 10.8. The fourth-order valence-electron chi connectivity index (χ4n) is 7.47. The van der Waals surface area contributed by atoms with Gasteiger partial charge in [0.1, 0.15) is 5.56 Å². The largest absolute Gasteiger partial charge is 0.460 e. The molecule has 2 saturated carbocycles.